The number of thiazole rings is 1. The van der Waals surface area contributed by atoms with Gasteiger partial charge in [0.1, 0.15) is 15.6 Å². The molecule has 1 amide bonds. The molecule has 0 unspecified atom stereocenters. The van der Waals surface area contributed by atoms with Crippen LogP contribution in [-0.2, 0) is 0 Å². The fraction of sp³-hybridized carbons (Fsp3) is 0.474. The molecule has 3 fully saturated rings. The number of primary amides is 1. The zero-order valence-corrected chi connectivity index (χ0v) is 15.4. The first-order valence-electron chi connectivity index (χ1n) is 8.78. The predicted molar refractivity (Wildman–Crippen MR) is 99.1 cm³/mol. The molecule has 2 N–H and O–H groups in total. The molecule has 0 spiro atoms. The molecule has 0 saturated carbocycles. The highest BCUT2D eigenvalue weighted by atomic mass is 32.1. The second-order valence-corrected chi connectivity index (χ2v) is 7.94. The summed E-state index contributed by atoms with van der Waals surface area (Å²) in [5.74, 6) is 1.26. The van der Waals surface area contributed by atoms with Gasteiger partial charge in [-0.2, -0.15) is 0 Å². The number of nitrogens with two attached hydrogens (primary N) is 1. The first kappa shape index (κ1) is 16.5. The lowest BCUT2D eigenvalue weighted by atomic mass is 9.72. The molecule has 4 heterocycles. The van der Waals surface area contributed by atoms with Crippen LogP contribution in [0, 0.1) is 5.92 Å². The maximum absolute atomic E-state index is 12.1. The molecule has 0 radical (unpaired) electrons. The number of amides is 1. The molecule has 5 nitrogen and oxygen atoms in total. The third kappa shape index (κ3) is 2.73. The van der Waals surface area contributed by atoms with E-state index in [9.17, 15) is 4.79 Å². The van der Waals surface area contributed by atoms with E-state index in [4.69, 9.17) is 15.5 Å². The number of carbonyl (C=O) groups is 1. The number of carbonyl (C=O) groups excluding carboxylic acids is 1. The smallest absolute Gasteiger partial charge is 0.260 e. The molecule has 3 aliphatic heterocycles. The molecular formula is C19H23N3O2S. The van der Waals surface area contributed by atoms with Gasteiger partial charge in [0.15, 0.2) is 0 Å². The van der Waals surface area contributed by atoms with Gasteiger partial charge in [0, 0.05) is 12.0 Å². The van der Waals surface area contributed by atoms with Gasteiger partial charge in [-0.15, -0.1) is 11.3 Å². The lowest BCUT2D eigenvalue weighted by Crippen LogP contribution is -2.52. The van der Waals surface area contributed by atoms with Crippen LogP contribution in [0.5, 0.6) is 5.75 Å². The highest BCUT2D eigenvalue weighted by Crippen LogP contribution is 2.46. The number of aromatic nitrogens is 1. The fourth-order valence-electron chi connectivity index (χ4n) is 4.43. The second kappa shape index (κ2) is 6.42. The quantitative estimate of drug-likeness (QED) is 0.913. The SMILES string of the molecule is COc1ccccc1-c1nc([C@@H]2C3CCN(CC3)[C@H]2C)c(C(N)=O)s1. The van der Waals surface area contributed by atoms with Gasteiger partial charge in [0.05, 0.1) is 18.4 Å². The number of ether oxygens (including phenoxy) is 1. The number of benzene rings is 1. The first-order chi connectivity index (χ1) is 12.1. The van der Waals surface area contributed by atoms with Gasteiger partial charge >= 0.3 is 0 Å². The Balaban J connectivity index is 1.81. The third-order valence-corrected chi connectivity index (χ3v) is 6.83. The van der Waals surface area contributed by atoms with Crippen LogP contribution in [0.1, 0.15) is 41.0 Å². The zero-order valence-electron chi connectivity index (χ0n) is 14.6. The minimum Gasteiger partial charge on any atom is -0.496 e. The maximum Gasteiger partial charge on any atom is 0.260 e. The minimum absolute atomic E-state index is 0.282. The first-order valence-corrected chi connectivity index (χ1v) is 9.59. The Morgan fingerprint density at radius 3 is 2.68 bits per heavy atom. The summed E-state index contributed by atoms with van der Waals surface area (Å²) in [4.78, 5) is 20.2. The van der Waals surface area contributed by atoms with E-state index in [-0.39, 0.29) is 11.8 Å². The lowest BCUT2D eigenvalue weighted by molar-refractivity contribution is 0.0334. The van der Waals surface area contributed by atoms with E-state index in [1.807, 2.05) is 24.3 Å². The van der Waals surface area contributed by atoms with Crippen molar-refractivity contribution in [2.45, 2.75) is 31.7 Å². The molecule has 5 rings (SSSR count). The van der Waals surface area contributed by atoms with Gasteiger partial charge in [-0.25, -0.2) is 4.98 Å². The molecule has 3 saturated heterocycles. The molecule has 25 heavy (non-hydrogen) atoms. The van der Waals surface area contributed by atoms with Crippen molar-refractivity contribution in [3.63, 3.8) is 0 Å². The number of nitrogens with zero attached hydrogens (tertiary/aromatic N) is 2. The van der Waals surface area contributed by atoms with Crippen molar-refractivity contribution in [1.82, 2.24) is 9.88 Å². The Morgan fingerprint density at radius 1 is 1.32 bits per heavy atom. The standard InChI is InChI=1S/C19H23N3O2S/c1-11-15(12-7-9-22(11)10-8-12)16-17(18(20)23)25-19(21-16)13-5-3-4-6-14(13)24-2/h3-6,11-12,15H,7-10H2,1-2H3,(H2,20,23)/t11-,15-/m0/s1. The third-order valence-electron chi connectivity index (χ3n) is 5.71. The van der Waals surface area contributed by atoms with E-state index >= 15 is 0 Å². The topological polar surface area (TPSA) is 68.4 Å². The summed E-state index contributed by atoms with van der Waals surface area (Å²) in [5, 5.41) is 0.810. The van der Waals surface area contributed by atoms with Crippen LogP contribution >= 0.6 is 11.3 Å². The average molecular weight is 357 g/mol. The van der Waals surface area contributed by atoms with Crippen molar-refractivity contribution < 1.29 is 9.53 Å². The number of hydrogen-bond donors (Lipinski definition) is 1. The Bertz CT molecular complexity index is 794. The lowest BCUT2D eigenvalue weighted by Gasteiger charge is -2.49. The van der Waals surface area contributed by atoms with E-state index in [0.29, 0.717) is 16.8 Å². The van der Waals surface area contributed by atoms with Crippen molar-refractivity contribution in [3.05, 3.63) is 34.8 Å². The molecule has 1 aromatic heterocycles. The molecular weight excluding hydrogens is 334 g/mol. The van der Waals surface area contributed by atoms with Gasteiger partial charge in [0.25, 0.3) is 5.91 Å². The van der Waals surface area contributed by atoms with E-state index in [2.05, 4.69) is 11.8 Å². The van der Waals surface area contributed by atoms with Crippen LogP contribution in [0.15, 0.2) is 24.3 Å². The number of hydrogen-bond acceptors (Lipinski definition) is 5. The van der Waals surface area contributed by atoms with Crippen molar-refractivity contribution in [3.8, 4) is 16.3 Å². The number of piperidine rings is 3. The van der Waals surface area contributed by atoms with Crippen LogP contribution in [-0.4, -0.2) is 42.0 Å². The van der Waals surface area contributed by atoms with E-state index < -0.39 is 0 Å². The van der Waals surface area contributed by atoms with Crippen molar-refractivity contribution in [2.75, 3.05) is 20.2 Å². The monoisotopic (exact) mass is 357 g/mol. The zero-order chi connectivity index (χ0) is 17.6. The van der Waals surface area contributed by atoms with Gasteiger partial charge in [-0.05, 0) is 50.9 Å². The fourth-order valence-corrected chi connectivity index (χ4v) is 5.43. The summed E-state index contributed by atoms with van der Waals surface area (Å²) in [6.07, 6.45) is 2.35. The number of fused-ring (bicyclic) bond motifs is 3. The highest BCUT2D eigenvalue weighted by molar-refractivity contribution is 7.17. The molecule has 3 aliphatic rings. The van der Waals surface area contributed by atoms with Crippen LogP contribution < -0.4 is 10.5 Å². The van der Waals surface area contributed by atoms with Gasteiger partial charge in [-0.1, -0.05) is 12.1 Å². The van der Waals surface area contributed by atoms with Crippen LogP contribution in [0.4, 0.5) is 0 Å². The summed E-state index contributed by atoms with van der Waals surface area (Å²) in [5.41, 5.74) is 7.52. The van der Waals surface area contributed by atoms with Crippen LogP contribution in [0.3, 0.4) is 0 Å². The summed E-state index contributed by atoms with van der Waals surface area (Å²) < 4.78 is 5.47. The van der Waals surface area contributed by atoms with E-state index in [0.717, 1.165) is 35.1 Å². The Hall–Kier alpha value is -1.92. The summed E-state index contributed by atoms with van der Waals surface area (Å²) >= 11 is 1.39. The molecule has 2 aromatic rings. The van der Waals surface area contributed by atoms with Crippen LogP contribution in [0.2, 0.25) is 0 Å². The summed E-state index contributed by atoms with van der Waals surface area (Å²) in [6, 6.07) is 8.18. The van der Waals surface area contributed by atoms with Crippen LogP contribution in [0.25, 0.3) is 10.6 Å². The normalized spacial score (nSPS) is 28.1. The number of rotatable bonds is 4. The molecule has 1 aromatic carbocycles. The van der Waals surface area contributed by atoms with Gasteiger partial charge in [0.2, 0.25) is 0 Å². The predicted octanol–water partition coefficient (Wildman–Crippen LogP) is 3.12. The second-order valence-electron chi connectivity index (χ2n) is 6.94. The van der Waals surface area contributed by atoms with E-state index in [1.54, 1.807) is 7.11 Å². The molecule has 132 valence electrons. The largest absolute Gasteiger partial charge is 0.496 e. The summed E-state index contributed by atoms with van der Waals surface area (Å²) in [7, 11) is 1.65. The number of para-hydroxylation sites is 1. The Labute approximate surface area is 151 Å². The summed E-state index contributed by atoms with van der Waals surface area (Å²) in [6.45, 7) is 4.55. The minimum atomic E-state index is -0.378. The molecule has 2 atom stereocenters. The molecule has 2 bridgehead atoms. The van der Waals surface area contributed by atoms with Crippen molar-refractivity contribution in [1.29, 1.82) is 0 Å². The Morgan fingerprint density at radius 2 is 2.04 bits per heavy atom. The van der Waals surface area contributed by atoms with E-state index in [1.165, 1.54) is 24.2 Å². The maximum atomic E-state index is 12.1. The van der Waals surface area contributed by atoms with Crippen molar-refractivity contribution in [2.24, 2.45) is 11.7 Å². The van der Waals surface area contributed by atoms with Gasteiger partial charge in [-0.3, -0.25) is 9.69 Å². The average Bonchev–Trinajstić information content (AvgIpc) is 3.07. The van der Waals surface area contributed by atoms with Gasteiger partial charge < -0.3 is 10.5 Å². The highest BCUT2D eigenvalue weighted by Gasteiger charge is 2.43. The van der Waals surface area contributed by atoms with Crippen molar-refractivity contribution >= 4 is 17.2 Å². The number of methoxy groups -OCH3 is 1. The Kier molecular flexibility index (Phi) is 4.25. The molecule has 6 heteroatoms. The molecule has 0 aliphatic carbocycles.